The van der Waals surface area contributed by atoms with Crippen molar-refractivity contribution in [3.05, 3.63) is 10.1 Å². The van der Waals surface area contributed by atoms with E-state index < -0.39 is 15.9 Å². The lowest BCUT2D eigenvalue weighted by Crippen LogP contribution is -2.35. The molecule has 6 nitrogen and oxygen atoms in total. The molecule has 0 fully saturated rings. The molecule has 7 heteroatoms. The fraction of sp³-hybridized carbons (Fsp3) is 0. The third kappa shape index (κ3) is 5.41. The highest BCUT2D eigenvalue weighted by Crippen LogP contribution is 1.73. The van der Waals surface area contributed by atoms with Gasteiger partial charge in [0.25, 0.3) is 0 Å². The van der Waals surface area contributed by atoms with Crippen LogP contribution in [0.4, 0.5) is 0 Å². The van der Waals surface area contributed by atoms with Crippen LogP contribution < -0.4 is 9.32 Å². The van der Waals surface area contributed by atoms with Crippen LogP contribution in [0, 0.1) is 20.9 Å². The lowest BCUT2D eigenvalue weighted by molar-refractivity contribution is -1.67. The van der Waals surface area contributed by atoms with E-state index >= 15 is 0 Å². The van der Waals surface area contributed by atoms with Gasteiger partial charge in [0.15, 0.2) is 0 Å². The van der Waals surface area contributed by atoms with Crippen LogP contribution in [-0.4, -0.2) is 5.09 Å². The van der Waals surface area contributed by atoms with Crippen LogP contribution in [0.2, 0.25) is 0 Å². The minimum absolute atomic E-state index is 1.43. The molecule has 0 aliphatic rings. The van der Waals surface area contributed by atoms with Gasteiger partial charge < -0.3 is 9.32 Å². The molecule has 0 spiro atoms. The van der Waals surface area contributed by atoms with Gasteiger partial charge in [-0.1, -0.05) is 0 Å². The molecular formula is ClNO5. The molecule has 0 rings (SSSR count). The zero-order valence-corrected chi connectivity index (χ0v) is 3.62. The number of rotatable bonds is 2. The molecule has 0 unspecified atom stereocenters. The summed E-state index contributed by atoms with van der Waals surface area (Å²) in [6.07, 6.45) is 0. The van der Waals surface area contributed by atoms with Gasteiger partial charge in [-0.2, -0.15) is 0 Å². The first-order chi connectivity index (χ1) is 3.13. The Morgan fingerprint density at radius 3 is 2.00 bits per heavy atom. The molecular weight excluding hydrogens is 129 g/mol. The summed E-state index contributed by atoms with van der Waals surface area (Å²) in [5.41, 5.74) is 0. The molecule has 0 heterocycles. The standard InChI is InChI=1S/ClNO5/c3-1(4)7-2(5)6. The number of nitrogens with zero attached hydrogens (tertiary/aromatic N) is 1. The Hall–Kier alpha value is -0.590. The van der Waals surface area contributed by atoms with Gasteiger partial charge in [-0.25, -0.2) is 0 Å². The summed E-state index contributed by atoms with van der Waals surface area (Å²) in [6, 6.07) is 0. The fourth-order valence-electron chi connectivity index (χ4n) is 0.0460. The molecule has 0 aliphatic heterocycles. The van der Waals surface area contributed by atoms with Crippen molar-refractivity contribution in [1.29, 1.82) is 0 Å². The van der Waals surface area contributed by atoms with E-state index in [0.717, 1.165) is 0 Å². The number of hydrogen-bond donors (Lipinski definition) is 0. The Morgan fingerprint density at radius 2 is 2.00 bits per heavy atom. The molecule has 0 saturated carbocycles. The molecule has 0 atom stereocenters. The van der Waals surface area contributed by atoms with Crippen LogP contribution in [0.5, 0.6) is 0 Å². The summed E-state index contributed by atoms with van der Waals surface area (Å²) in [6.45, 7) is 0. The van der Waals surface area contributed by atoms with E-state index in [1.807, 2.05) is 0 Å². The Bertz CT molecular complexity index is 68.5. The largest absolute Gasteiger partial charge is 0.385 e. The SMILES string of the molecule is O=[N+]([O-])O[Cl+2]([O-])[O-]. The number of hydrogen-bond acceptors (Lipinski definition) is 5. The normalized spacial score (nSPS) is 9.00. The molecule has 0 radical (unpaired) electrons. The maximum atomic E-state index is 9.11. The summed E-state index contributed by atoms with van der Waals surface area (Å²) in [5.74, 6) is 0. The molecule has 0 aromatic heterocycles. The smallest absolute Gasteiger partial charge is 0.315 e. The molecule has 0 aromatic rings. The quantitative estimate of drug-likeness (QED) is 0.298. The van der Waals surface area contributed by atoms with Crippen molar-refractivity contribution in [3.63, 3.8) is 0 Å². The first-order valence-electron chi connectivity index (χ1n) is 1.01. The monoisotopic (exact) mass is 129 g/mol. The minimum atomic E-state index is -2.75. The van der Waals surface area contributed by atoms with E-state index in [1.165, 1.54) is 0 Å². The molecule has 42 valence electrons. The van der Waals surface area contributed by atoms with Gasteiger partial charge in [0.05, 0.1) is 4.39 Å². The predicted octanol–water partition coefficient (Wildman–Crippen LogP) is -2.72. The average molecular weight is 129 g/mol. The molecule has 0 N–H and O–H groups in total. The van der Waals surface area contributed by atoms with E-state index in [9.17, 15) is 0 Å². The van der Waals surface area contributed by atoms with E-state index in [1.54, 1.807) is 0 Å². The summed E-state index contributed by atoms with van der Waals surface area (Å²) >= 11 is 0. The van der Waals surface area contributed by atoms with Gasteiger partial charge in [-0.05, 0) is 0 Å². The van der Waals surface area contributed by atoms with Crippen molar-refractivity contribution in [2.75, 3.05) is 0 Å². The summed E-state index contributed by atoms with van der Waals surface area (Å²) in [5, 5.41) is 7.56. The van der Waals surface area contributed by atoms with Gasteiger partial charge >= 0.3 is 15.9 Å². The summed E-state index contributed by atoms with van der Waals surface area (Å²) in [7, 11) is -2.75. The van der Waals surface area contributed by atoms with Crippen LogP contribution in [-0.2, 0) is 4.39 Å². The molecule has 0 saturated heterocycles. The molecule has 7 heavy (non-hydrogen) atoms. The van der Waals surface area contributed by atoms with Crippen molar-refractivity contribution >= 4 is 0 Å². The highest BCUT2D eigenvalue weighted by atomic mass is 35.6. The molecule has 0 aliphatic carbocycles. The predicted molar refractivity (Wildman–Crippen MR) is 8.08 cm³/mol. The van der Waals surface area contributed by atoms with E-state index in [2.05, 4.69) is 4.39 Å². The van der Waals surface area contributed by atoms with Gasteiger partial charge in [-0.15, -0.1) is 10.1 Å². The second kappa shape index (κ2) is 2.56. The molecule has 0 amide bonds. The van der Waals surface area contributed by atoms with Crippen molar-refractivity contribution in [2.45, 2.75) is 0 Å². The van der Waals surface area contributed by atoms with Crippen LogP contribution >= 0.6 is 0 Å². The topological polar surface area (TPSA) is 98.5 Å². The third-order valence-corrected chi connectivity index (χ3v) is 0.338. The van der Waals surface area contributed by atoms with Gasteiger partial charge in [0, 0.05) is 0 Å². The van der Waals surface area contributed by atoms with Gasteiger partial charge in [0.2, 0.25) is 0 Å². The van der Waals surface area contributed by atoms with Crippen LogP contribution in [0.25, 0.3) is 0 Å². The minimum Gasteiger partial charge on any atom is -0.315 e. The summed E-state index contributed by atoms with van der Waals surface area (Å²) in [4.78, 5) is 8.99. The maximum Gasteiger partial charge on any atom is 0.385 e. The second-order valence-electron chi connectivity index (χ2n) is 0.482. The second-order valence-corrected chi connectivity index (χ2v) is 0.998. The highest BCUT2D eigenvalue weighted by Gasteiger charge is 2.12. The molecule has 0 bridgehead atoms. The van der Waals surface area contributed by atoms with Crippen molar-refractivity contribution in [3.8, 4) is 0 Å². The number of halogens is 1. The van der Waals surface area contributed by atoms with Gasteiger partial charge in [0.1, 0.15) is 0 Å². The lowest BCUT2D eigenvalue weighted by Gasteiger charge is -1.82. The Morgan fingerprint density at radius 1 is 1.57 bits per heavy atom. The average Bonchev–Trinajstić information content (AvgIpc) is 1.27. The highest BCUT2D eigenvalue weighted by molar-refractivity contribution is 3.84. The summed E-state index contributed by atoms with van der Waals surface area (Å²) < 4.78 is 21.1. The maximum absolute atomic E-state index is 9.11. The van der Waals surface area contributed by atoms with Gasteiger partial charge in [-0.3, -0.25) is 0 Å². The van der Waals surface area contributed by atoms with Crippen molar-refractivity contribution in [2.24, 2.45) is 0 Å². The zero-order chi connectivity index (χ0) is 5.86. The third-order valence-electron chi connectivity index (χ3n) is 0.113. The van der Waals surface area contributed by atoms with E-state index in [0.29, 0.717) is 0 Å². The van der Waals surface area contributed by atoms with Crippen molar-refractivity contribution in [1.82, 2.24) is 0 Å². The van der Waals surface area contributed by atoms with Crippen LogP contribution in [0.15, 0.2) is 0 Å². The first kappa shape index (κ1) is 6.41. The van der Waals surface area contributed by atoms with Crippen molar-refractivity contribution < 1.29 is 29.6 Å². The molecule has 0 aromatic carbocycles. The van der Waals surface area contributed by atoms with Crippen LogP contribution in [0.1, 0.15) is 0 Å². The Kier molecular flexibility index (Phi) is 2.34. The zero-order valence-electron chi connectivity index (χ0n) is 2.87. The van der Waals surface area contributed by atoms with E-state index in [-0.39, 0.29) is 0 Å². The Labute approximate surface area is 40.8 Å². The van der Waals surface area contributed by atoms with Crippen LogP contribution in [0.3, 0.4) is 0 Å². The Balaban J connectivity index is 3.13. The fourth-order valence-corrected chi connectivity index (χ4v) is 0.138. The first-order valence-corrected chi connectivity index (χ1v) is 1.94. The van der Waals surface area contributed by atoms with E-state index in [4.69, 9.17) is 19.4 Å². The lowest BCUT2D eigenvalue weighted by atomic mass is 13.1.